The molecule has 0 saturated heterocycles. The van der Waals surface area contributed by atoms with Crippen LogP contribution in [0.2, 0.25) is 0 Å². The zero-order valence-electron chi connectivity index (χ0n) is 20.6. The molecule has 14 heteroatoms. The number of carbonyl (C=O) groups excluding carboxylic acids is 4. The van der Waals surface area contributed by atoms with Crippen molar-refractivity contribution in [3.05, 3.63) is 58.7 Å². The van der Waals surface area contributed by atoms with E-state index in [1.165, 1.54) is 25.3 Å². The van der Waals surface area contributed by atoms with E-state index in [1.807, 2.05) is 0 Å². The van der Waals surface area contributed by atoms with Crippen LogP contribution in [0.3, 0.4) is 0 Å². The Morgan fingerprint density at radius 3 is 1.67 bits per heavy atom. The molecule has 0 bridgehead atoms. The van der Waals surface area contributed by atoms with Gasteiger partial charge in [0.1, 0.15) is 5.75 Å². The number of hydrogen-bond acceptors (Lipinski definition) is 10. The highest BCUT2D eigenvalue weighted by Crippen LogP contribution is 2.37. The molecule has 2 saturated carbocycles. The van der Waals surface area contributed by atoms with Gasteiger partial charge in [-0.25, -0.2) is 9.59 Å². The van der Waals surface area contributed by atoms with Crippen molar-refractivity contribution in [2.24, 2.45) is 11.8 Å². The molecule has 2 fully saturated rings. The van der Waals surface area contributed by atoms with E-state index in [0.717, 1.165) is 38.2 Å². The van der Waals surface area contributed by atoms with E-state index in [4.69, 9.17) is 0 Å². The Kier molecular flexibility index (Phi) is 8.68. The maximum absolute atomic E-state index is 12.4. The van der Waals surface area contributed by atoms with Crippen LogP contribution in [-0.2, 0) is 19.6 Å². The highest BCUT2D eigenvalue weighted by molar-refractivity contribution is 7.88. The maximum Gasteiger partial charge on any atom is 0.534 e. The summed E-state index contributed by atoms with van der Waals surface area (Å²) in [4.78, 5) is 46.6. The van der Waals surface area contributed by atoms with Gasteiger partial charge < -0.3 is 18.8 Å². The Balaban J connectivity index is 0.000000230. The van der Waals surface area contributed by atoms with Gasteiger partial charge in [0.05, 0.1) is 36.5 Å². The lowest BCUT2D eigenvalue weighted by molar-refractivity contribution is -0.0500. The lowest BCUT2D eigenvalue weighted by Gasteiger charge is -2.13. The van der Waals surface area contributed by atoms with Gasteiger partial charge in [0.25, 0.3) is 0 Å². The number of aromatic hydroxyl groups is 1. The van der Waals surface area contributed by atoms with Crippen LogP contribution in [0.15, 0.2) is 36.4 Å². The number of carbonyl (C=O) groups is 4. The second kappa shape index (κ2) is 11.4. The predicted octanol–water partition coefficient (Wildman–Crippen LogP) is 4.07. The molecule has 2 aliphatic rings. The van der Waals surface area contributed by atoms with Crippen molar-refractivity contribution in [1.29, 1.82) is 0 Å². The Hall–Kier alpha value is -3.94. The molecular formula is C25H23F3O10S. The Morgan fingerprint density at radius 2 is 1.23 bits per heavy atom. The van der Waals surface area contributed by atoms with E-state index in [0.29, 0.717) is 12.8 Å². The van der Waals surface area contributed by atoms with Crippen molar-refractivity contribution < 1.29 is 59.5 Å². The Bertz CT molecular complexity index is 1410. The summed E-state index contributed by atoms with van der Waals surface area (Å²) in [6.07, 6.45) is 2.79. The summed E-state index contributed by atoms with van der Waals surface area (Å²) in [7, 11) is -3.56. The molecule has 2 aromatic rings. The fourth-order valence-corrected chi connectivity index (χ4v) is 3.79. The van der Waals surface area contributed by atoms with Gasteiger partial charge in [0.15, 0.2) is 17.3 Å². The average molecular weight is 573 g/mol. The SMILES string of the molecule is COC(=O)c1ccc(O)c(C(=O)C2CC2)c1.COC(=O)c1ccc(OS(=O)(=O)C(F)(F)F)c(C(=O)C2CC2)c1. The second-order valence-electron chi connectivity index (χ2n) is 8.69. The number of rotatable bonds is 8. The standard InChI is InChI=1S/C13H11F3O6S.C12H12O4/c1-21-12(18)8-4-5-10(22-23(19,20)13(14,15)16)9(6-8)11(17)7-2-3-7;1-16-12(15)8-4-5-10(13)9(6-8)11(14)7-2-3-7/h4-7H,2-3H2,1H3;4-7,13H,2-3H2,1H3. The van der Waals surface area contributed by atoms with Crippen molar-refractivity contribution in [1.82, 2.24) is 0 Å². The molecule has 0 amide bonds. The summed E-state index contributed by atoms with van der Waals surface area (Å²) in [5, 5.41) is 9.56. The van der Waals surface area contributed by atoms with Crippen molar-refractivity contribution in [3.8, 4) is 11.5 Å². The molecule has 2 aromatic carbocycles. The molecule has 210 valence electrons. The van der Waals surface area contributed by atoms with Crippen molar-refractivity contribution >= 4 is 33.6 Å². The molecule has 2 aliphatic carbocycles. The Labute approximate surface area is 220 Å². The van der Waals surface area contributed by atoms with Crippen LogP contribution in [-0.4, -0.2) is 56.8 Å². The van der Waals surface area contributed by atoms with Gasteiger partial charge in [-0.05, 0) is 62.1 Å². The van der Waals surface area contributed by atoms with E-state index in [2.05, 4.69) is 13.7 Å². The summed E-state index contributed by atoms with van der Waals surface area (Å²) in [5.41, 5.74) is -5.64. The topological polar surface area (TPSA) is 150 Å². The van der Waals surface area contributed by atoms with Crippen LogP contribution in [0.1, 0.15) is 67.1 Å². The summed E-state index contributed by atoms with van der Waals surface area (Å²) < 4.78 is 72.5. The fraction of sp³-hybridized carbons (Fsp3) is 0.360. The molecule has 0 radical (unpaired) electrons. The van der Waals surface area contributed by atoms with E-state index in [1.54, 1.807) is 0 Å². The number of ketones is 2. The number of Topliss-reactive ketones (excluding diaryl/α,β-unsaturated/α-hetero) is 2. The average Bonchev–Trinajstić information content (AvgIpc) is 3.80. The molecule has 10 nitrogen and oxygen atoms in total. The first-order valence-electron chi connectivity index (χ1n) is 11.4. The minimum absolute atomic E-state index is 0.0128. The number of alkyl halides is 3. The summed E-state index contributed by atoms with van der Waals surface area (Å²) in [6.45, 7) is 0. The predicted molar refractivity (Wildman–Crippen MR) is 127 cm³/mol. The maximum atomic E-state index is 12.4. The first-order chi connectivity index (χ1) is 18.2. The zero-order valence-corrected chi connectivity index (χ0v) is 21.4. The summed E-state index contributed by atoms with van der Waals surface area (Å²) in [6, 6.07) is 6.98. The van der Waals surface area contributed by atoms with Crippen molar-refractivity contribution in [3.63, 3.8) is 0 Å². The molecule has 0 aromatic heterocycles. The molecule has 4 rings (SSSR count). The molecule has 0 atom stereocenters. The number of phenols is 1. The molecular weight excluding hydrogens is 549 g/mol. The van der Waals surface area contributed by atoms with Crippen LogP contribution < -0.4 is 4.18 Å². The van der Waals surface area contributed by atoms with Gasteiger partial charge in [0, 0.05) is 11.8 Å². The third-order valence-corrected chi connectivity index (χ3v) is 6.69. The first-order valence-corrected chi connectivity index (χ1v) is 12.8. The normalized spacial score (nSPS) is 14.9. The third-order valence-electron chi connectivity index (χ3n) is 5.73. The number of halogens is 3. The molecule has 39 heavy (non-hydrogen) atoms. The van der Waals surface area contributed by atoms with Gasteiger partial charge in [0.2, 0.25) is 0 Å². The Morgan fingerprint density at radius 1 is 0.795 bits per heavy atom. The van der Waals surface area contributed by atoms with Gasteiger partial charge in [-0.1, -0.05) is 0 Å². The number of benzene rings is 2. The number of phenolic OH excluding ortho intramolecular Hbond substituents is 1. The van der Waals surface area contributed by atoms with Crippen LogP contribution in [0.25, 0.3) is 0 Å². The second-order valence-corrected chi connectivity index (χ2v) is 10.2. The highest BCUT2D eigenvalue weighted by Gasteiger charge is 2.49. The highest BCUT2D eigenvalue weighted by atomic mass is 32.2. The van der Waals surface area contributed by atoms with Gasteiger partial charge in [-0.3, -0.25) is 9.59 Å². The molecule has 1 N–H and O–H groups in total. The number of ether oxygens (including phenoxy) is 2. The van der Waals surface area contributed by atoms with Gasteiger partial charge in [-0.2, -0.15) is 21.6 Å². The van der Waals surface area contributed by atoms with Gasteiger partial charge >= 0.3 is 27.6 Å². The smallest absolute Gasteiger partial charge is 0.507 e. The van der Waals surface area contributed by atoms with E-state index < -0.39 is 50.6 Å². The summed E-state index contributed by atoms with van der Waals surface area (Å²) in [5.74, 6) is -3.26. The van der Waals surface area contributed by atoms with Crippen LogP contribution in [0.4, 0.5) is 13.2 Å². The number of methoxy groups -OCH3 is 2. The number of hydrogen-bond donors (Lipinski definition) is 1. The number of esters is 2. The monoisotopic (exact) mass is 572 g/mol. The fourth-order valence-electron chi connectivity index (χ4n) is 3.31. The van der Waals surface area contributed by atoms with Crippen LogP contribution >= 0.6 is 0 Å². The van der Waals surface area contributed by atoms with Crippen molar-refractivity contribution in [2.45, 2.75) is 31.2 Å². The zero-order chi connectivity index (χ0) is 29.1. The summed E-state index contributed by atoms with van der Waals surface area (Å²) >= 11 is 0. The third kappa shape index (κ3) is 7.13. The van der Waals surface area contributed by atoms with E-state index in [9.17, 15) is 45.9 Å². The van der Waals surface area contributed by atoms with E-state index >= 15 is 0 Å². The minimum atomic E-state index is -5.92. The quantitative estimate of drug-likeness (QED) is 0.212. The molecule has 0 aliphatic heterocycles. The van der Waals surface area contributed by atoms with E-state index in [-0.39, 0.29) is 34.1 Å². The minimum Gasteiger partial charge on any atom is -0.507 e. The lowest BCUT2D eigenvalue weighted by atomic mass is 10.0. The van der Waals surface area contributed by atoms with Crippen LogP contribution in [0, 0.1) is 11.8 Å². The molecule has 0 spiro atoms. The molecule has 0 unspecified atom stereocenters. The molecule has 0 heterocycles. The van der Waals surface area contributed by atoms with Gasteiger partial charge in [-0.15, -0.1) is 0 Å². The van der Waals surface area contributed by atoms with Crippen molar-refractivity contribution in [2.75, 3.05) is 14.2 Å². The lowest BCUT2D eigenvalue weighted by Crippen LogP contribution is -2.28. The van der Waals surface area contributed by atoms with Crippen LogP contribution in [0.5, 0.6) is 11.5 Å². The first kappa shape index (κ1) is 29.6. The largest absolute Gasteiger partial charge is 0.534 e.